The summed E-state index contributed by atoms with van der Waals surface area (Å²) < 4.78 is 3.65. The molecule has 0 aliphatic heterocycles. The van der Waals surface area contributed by atoms with Crippen LogP contribution in [0.1, 0.15) is 77.7 Å². The molecule has 0 bridgehead atoms. The molecule has 0 aliphatic carbocycles. The number of aromatic nitrogens is 4. The summed E-state index contributed by atoms with van der Waals surface area (Å²) in [6.07, 6.45) is 6.81. The highest BCUT2D eigenvalue weighted by Crippen LogP contribution is 2.16. The topological polar surface area (TPSA) is 110 Å². The van der Waals surface area contributed by atoms with E-state index in [9.17, 15) is 19.6 Å². The summed E-state index contributed by atoms with van der Waals surface area (Å²) in [7, 11) is -1.68. The fourth-order valence-electron chi connectivity index (χ4n) is 3.81. The van der Waals surface area contributed by atoms with Crippen LogP contribution in [0.3, 0.4) is 0 Å². The number of rotatable bonds is 7. The van der Waals surface area contributed by atoms with Gasteiger partial charge in [0.25, 0.3) is 0 Å². The molecule has 2 aromatic carbocycles. The third-order valence-corrected chi connectivity index (χ3v) is 5.73. The van der Waals surface area contributed by atoms with E-state index in [1.54, 1.807) is 41.4 Å². The maximum Gasteiger partial charge on any atom is 0.489 e. The van der Waals surface area contributed by atoms with Crippen LogP contribution in [-0.2, 0) is 0 Å². The van der Waals surface area contributed by atoms with Crippen LogP contribution in [0, 0.1) is 6.92 Å². The van der Waals surface area contributed by atoms with Crippen LogP contribution >= 0.6 is 0 Å². The molecule has 4 aromatic rings. The second kappa shape index (κ2) is 11.7. The first-order chi connectivity index (χ1) is 17.1. The highest BCUT2D eigenvalue weighted by atomic mass is 16.4. The van der Waals surface area contributed by atoms with Gasteiger partial charge in [0.15, 0.2) is 11.6 Å². The Morgan fingerprint density at radius 1 is 0.750 bits per heavy atom. The van der Waals surface area contributed by atoms with Crippen molar-refractivity contribution in [3.05, 3.63) is 102 Å². The molecular weight excluding hydrogens is 455 g/mol. The highest BCUT2D eigenvalue weighted by molar-refractivity contribution is 6.60. The average Bonchev–Trinajstić information content (AvgIpc) is 3.54. The first-order valence-electron chi connectivity index (χ1n) is 11.8. The number of carbonyl (C=O) groups is 2. The molecule has 186 valence electrons. The molecule has 0 unspecified atom stereocenters. The summed E-state index contributed by atoms with van der Waals surface area (Å²) in [6.45, 7) is 9.92. The Bertz CT molecular complexity index is 1340. The predicted molar refractivity (Wildman–Crippen MR) is 140 cm³/mol. The number of ketones is 2. The Morgan fingerprint density at radius 3 is 1.67 bits per heavy atom. The largest absolute Gasteiger partial charge is 0.489 e. The molecule has 2 N–H and O–H groups in total. The molecule has 2 heterocycles. The zero-order valence-corrected chi connectivity index (χ0v) is 21.2. The molecule has 0 saturated heterocycles. The smallest absolute Gasteiger partial charge is 0.423 e. The number of benzene rings is 2. The van der Waals surface area contributed by atoms with Crippen LogP contribution in [-0.4, -0.2) is 47.8 Å². The average molecular weight is 486 g/mol. The molecular formula is C27H31BN4O4. The molecule has 4 rings (SSSR count). The Balaban J connectivity index is 0.000000202. The SMILES string of the molecule is CC(C)n1ccnc1C(=O)c1ccccc1B(O)O.Cc1ccccc1C(=O)c1nccn1C(C)C. The second-order valence-corrected chi connectivity index (χ2v) is 8.94. The molecule has 0 atom stereocenters. The number of carbonyl (C=O) groups excluding carboxylic acids is 2. The molecule has 0 amide bonds. The van der Waals surface area contributed by atoms with E-state index in [0.29, 0.717) is 11.6 Å². The quantitative estimate of drug-likeness (QED) is 0.306. The highest BCUT2D eigenvalue weighted by Gasteiger charge is 2.24. The van der Waals surface area contributed by atoms with Gasteiger partial charge in [-0.25, -0.2) is 9.97 Å². The van der Waals surface area contributed by atoms with Crippen molar-refractivity contribution < 1.29 is 19.6 Å². The van der Waals surface area contributed by atoms with Gasteiger partial charge in [-0.3, -0.25) is 9.59 Å². The Labute approximate surface area is 211 Å². The third kappa shape index (κ3) is 5.87. The summed E-state index contributed by atoms with van der Waals surface area (Å²) in [6, 6.07) is 14.4. The monoisotopic (exact) mass is 486 g/mol. The molecule has 8 nitrogen and oxygen atoms in total. The maximum absolute atomic E-state index is 12.5. The zero-order valence-electron chi connectivity index (χ0n) is 21.2. The molecule has 0 saturated carbocycles. The van der Waals surface area contributed by atoms with Crippen molar-refractivity contribution in [1.29, 1.82) is 0 Å². The van der Waals surface area contributed by atoms with E-state index in [1.165, 1.54) is 6.07 Å². The zero-order chi connectivity index (χ0) is 26.4. The van der Waals surface area contributed by atoms with Gasteiger partial charge in [-0.15, -0.1) is 0 Å². The molecule has 0 radical (unpaired) electrons. The van der Waals surface area contributed by atoms with Crippen molar-refractivity contribution in [2.45, 2.75) is 46.7 Å². The number of aryl methyl sites for hydroxylation is 1. The van der Waals surface area contributed by atoms with Gasteiger partial charge >= 0.3 is 7.12 Å². The fraction of sp³-hybridized carbons (Fsp3) is 0.259. The van der Waals surface area contributed by atoms with Gasteiger partial charge < -0.3 is 19.2 Å². The van der Waals surface area contributed by atoms with Crippen molar-refractivity contribution in [2.24, 2.45) is 0 Å². The Kier molecular flexibility index (Phi) is 8.74. The summed E-state index contributed by atoms with van der Waals surface area (Å²) >= 11 is 0. The third-order valence-electron chi connectivity index (χ3n) is 5.73. The van der Waals surface area contributed by atoms with Crippen molar-refractivity contribution in [3.8, 4) is 0 Å². The van der Waals surface area contributed by atoms with Crippen molar-refractivity contribution >= 4 is 24.1 Å². The first-order valence-corrected chi connectivity index (χ1v) is 11.8. The van der Waals surface area contributed by atoms with Gasteiger partial charge in [-0.2, -0.15) is 0 Å². The number of imidazole rings is 2. The normalized spacial score (nSPS) is 10.8. The summed E-state index contributed by atoms with van der Waals surface area (Å²) in [5, 5.41) is 18.6. The van der Waals surface area contributed by atoms with E-state index in [1.807, 2.05) is 69.6 Å². The number of nitrogens with zero attached hydrogens (tertiary/aromatic N) is 4. The standard InChI is InChI=1S/C14H16N2O.C13H15BN2O3/c1-10(2)16-9-8-15-14(16)13(17)12-7-5-4-6-11(12)3;1-9(2)16-8-7-15-13(16)12(17)10-5-3-4-6-11(10)14(18)19/h4-10H,1-3H3;3-9,18-19H,1-2H3. The van der Waals surface area contributed by atoms with E-state index in [2.05, 4.69) is 9.97 Å². The van der Waals surface area contributed by atoms with Crippen LogP contribution in [0.2, 0.25) is 0 Å². The Morgan fingerprint density at radius 2 is 1.19 bits per heavy atom. The molecule has 0 aliphatic rings. The van der Waals surface area contributed by atoms with Gasteiger partial charge in [-0.05, 0) is 45.6 Å². The van der Waals surface area contributed by atoms with E-state index >= 15 is 0 Å². The molecule has 2 aromatic heterocycles. The summed E-state index contributed by atoms with van der Waals surface area (Å²) in [4.78, 5) is 33.1. The number of hydrogen-bond donors (Lipinski definition) is 2. The van der Waals surface area contributed by atoms with Gasteiger partial charge in [0, 0.05) is 48.0 Å². The summed E-state index contributed by atoms with van der Waals surface area (Å²) in [5.74, 6) is 0.474. The number of hydrogen-bond acceptors (Lipinski definition) is 6. The molecule has 0 spiro atoms. The summed E-state index contributed by atoms with van der Waals surface area (Å²) in [5.41, 5.74) is 2.15. The fourth-order valence-corrected chi connectivity index (χ4v) is 3.81. The van der Waals surface area contributed by atoms with Crippen LogP contribution in [0.15, 0.2) is 73.3 Å². The van der Waals surface area contributed by atoms with Crippen LogP contribution < -0.4 is 5.46 Å². The van der Waals surface area contributed by atoms with Crippen molar-refractivity contribution in [3.63, 3.8) is 0 Å². The van der Waals surface area contributed by atoms with E-state index in [4.69, 9.17) is 0 Å². The minimum absolute atomic E-state index is 0.0122. The molecule has 9 heteroatoms. The molecule has 36 heavy (non-hydrogen) atoms. The van der Waals surface area contributed by atoms with Gasteiger partial charge in [-0.1, -0.05) is 48.5 Å². The molecule has 0 fully saturated rings. The van der Waals surface area contributed by atoms with Gasteiger partial charge in [0.1, 0.15) is 0 Å². The van der Waals surface area contributed by atoms with Crippen molar-refractivity contribution in [2.75, 3.05) is 0 Å². The lowest BCUT2D eigenvalue weighted by molar-refractivity contribution is 0.101. The Hall–Kier alpha value is -3.82. The lowest BCUT2D eigenvalue weighted by Crippen LogP contribution is -2.35. The lowest BCUT2D eigenvalue weighted by atomic mass is 9.76. The van der Waals surface area contributed by atoms with Crippen LogP contribution in [0.25, 0.3) is 0 Å². The van der Waals surface area contributed by atoms with Crippen molar-refractivity contribution in [1.82, 2.24) is 19.1 Å². The minimum Gasteiger partial charge on any atom is -0.423 e. The minimum atomic E-state index is -1.68. The second-order valence-electron chi connectivity index (χ2n) is 8.94. The van der Waals surface area contributed by atoms with E-state index in [0.717, 1.165) is 11.1 Å². The lowest BCUT2D eigenvalue weighted by Gasteiger charge is -2.12. The van der Waals surface area contributed by atoms with E-state index < -0.39 is 7.12 Å². The van der Waals surface area contributed by atoms with Crippen LogP contribution in [0.4, 0.5) is 0 Å². The van der Waals surface area contributed by atoms with E-state index in [-0.39, 0.29) is 34.7 Å². The van der Waals surface area contributed by atoms with Gasteiger partial charge in [0.2, 0.25) is 11.6 Å². The maximum atomic E-state index is 12.5. The van der Waals surface area contributed by atoms with Crippen LogP contribution in [0.5, 0.6) is 0 Å². The predicted octanol–water partition coefficient (Wildman–Crippen LogP) is 3.38. The van der Waals surface area contributed by atoms with Gasteiger partial charge in [0.05, 0.1) is 0 Å². The first kappa shape index (κ1) is 26.8.